The lowest BCUT2D eigenvalue weighted by Gasteiger charge is -2.14. The molecule has 2 rings (SSSR count). The van der Waals surface area contributed by atoms with Crippen molar-refractivity contribution in [3.63, 3.8) is 0 Å². The summed E-state index contributed by atoms with van der Waals surface area (Å²) in [5.74, 6) is 0.167. The maximum Gasteiger partial charge on any atom is 0.310 e. The average Bonchev–Trinajstić information content (AvgIpc) is 2.84. The summed E-state index contributed by atoms with van der Waals surface area (Å²) in [7, 11) is 1.46. The summed E-state index contributed by atoms with van der Waals surface area (Å²) in [5, 5.41) is 3.25. The molecule has 0 aromatic carbocycles. The molecule has 1 saturated heterocycles. The van der Waals surface area contributed by atoms with Gasteiger partial charge in [0.05, 0.1) is 13.0 Å². The monoisotopic (exact) mass is 225 g/mol. The van der Waals surface area contributed by atoms with Gasteiger partial charge in [-0.1, -0.05) is 0 Å². The SMILES string of the molecule is COC(=O)C1CNCC1c1ccc(C)s1. The number of carbonyl (C=O) groups is 1. The van der Waals surface area contributed by atoms with Crippen LogP contribution in [0.2, 0.25) is 0 Å². The third-order valence-corrected chi connectivity index (χ3v) is 3.98. The first-order chi connectivity index (χ1) is 7.22. The molecule has 4 heteroatoms. The smallest absolute Gasteiger partial charge is 0.310 e. The highest BCUT2D eigenvalue weighted by molar-refractivity contribution is 7.12. The molecule has 0 saturated carbocycles. The first-order valence-corrected chi connectivity index (χ1v) is 5.89. The van der Waals surface area contributed by atoms with E-state index in [1.54, 1.807) is 11.3 Å². The Morgan fingerprint density at radius 1 is 1.53 bits per heavy atom. The summed E-state index contributed by atoms with van der Waals surface area (Å²) in [5.41, 5.74) is 0. The van der Waals surface area contributed by atoms with Crippen LogP contribution in [0.4, 0.5) is 0 Å². The van der Waals surface area contributed by atoms with Crippen molar-refractivity contribution in [1.82, 2.24) is 5.32 Å². The third-order valence-electron chi connectivity index (χ3n) is 2.84. The number of carbonyl (C=O) groups excluding carboxylic acids is 1. The summed E-state index contributed by atoms with van der Waals surface area (Å²) in [6.45, 7) is 3.69. The van der Waals surface area contributed by atoms with E-state index in [9.17, 15) is 4.79 Å². The fourth-order valence-electron chi connectivity index (χ4n) is 2.03. The van der Waals surface area contributed by atoms with Gasteiger partial charge in [-0.2, -0.15) is 0 Å². The van der Waals surface area contributed by atoms with Gasteiger partial charge in [-0.25, -0.2) is 0 Å². The van der Waals surface area contributed by atoms with Crippen LogP contribution >= 0.6 is 11.3 Å². The van der Waals surface area contributed by atoms with Gasteiger partial charge in [-0.05, 0) is 19.1 Å². The van der Waals surface area contributed by atoms with E-state index in [0.29, 0.717) is 0 Å². The minimum Gasteiger partial charge on any atom is -0.469 e. The molecule has 1 N–H and O–H groups in total. The molecular weight excluding hydrogens is 210 g/mol. The highest BCUT2D eigenvalue weighted by atomic mass is 32.1. The van der Waals surface area contributed by atoms with Crippen LogP contribution in [0, 0.1) is 12.8 Å². The van der Waals surface area contributed by atoms with Crippen LogP contribution in [0.1, 0.15) is 15.7 Å². The zero-order valence-electron chi connectivity index (χ0n) is 8.95. The summed E-state index contributed by atoms with van der Waals surface area (Å²) >= 11 is 1.77. The first-order valence-electron chi connectivity index (χ1n) is 5.07. The van der Waals surface area contributed by atoms with Crippen molar-refractivity contribution in [3.8, 4) is 0 Å². The van der Waals surface area contributed by atoms with Crippen LogP contribution in [0.5, 0.6) is 0 Å². The van der Waals surface area contributed by atoms with Crippen molar-refractivity contribution >= 4 is 17.3 Å². The van der Waals surface area contributed by atoms with E-state index < -0.39 is 0 Å². The standard InChI is InChI=1S/C11H15NO2S/c1-7-3-4-10(15-7)8-5-12-6-9(8)11(13)14-2/h3-4,8-9,12H,5-6H2,1-2H3. The van der Waals surface area contributed by atoms with Crippen LogP contribution in [-0.4, -0.2) is 26.2 Å². The van der Waals surface area contributed by atoms with Gasteiger partial charge in [0.15, 0.2) is 0 Å². The molecule has 15 heavy (non-hydrogen) atoms. The average molecular weight is 225 g/mol. The molecule has 1 fully saturated rings. The third kappa shape index (κ3) is 2.06. The van der Waals surface area contributed by atoms with E-state index in [1.165, 1.54) is 16.9 Å². The van der Waals surface area contributed by atoms with Crippen molar-refractivity contribution in [2.75, 3.05) is 20.2 Å². The lowest BCUT2D eigenvalue weighted by molar-refractivity contribution is -0.145. The minimum absolute atomic E-state index is 0.0203. The fraction of sp³-hybridized carbons (Fsp3) is 0.545. The fourth-order valence-corrected chi connectivity index (χ4v) is 3.07. The zero-order chi connectivity index (χ0) is 10.8. The number of hydrogen-bond acceptors (Lipinski definition) is 4. The van der Waals surface area contributed by atoms with Gasteiger partial charge < -0.3 is 10.1 Å². The van der Waals surface area contributed by atoms with Crippen LogP contribution in [-0.2, 0) is 9.53 Å². The Morgan fingerprint density at radius 2 is 2.33 bits per heavy atom. The maximum atomic E-state index is 11.5. The molecule has 1 aliphatic rings. The number of esters is 1. The lowest BCUT2D eigenvalue weighted by Crippen LogP contribution is -2.22. The van der Waals surface area contributed by atoms with Crippen molar-refractivity contribution in [1.29, 1.82) is 0 Å². The molecule has 0 radical (unpaired) electrons. The van der Waals surface area contributed by atoms with Gasteiger partial charge in [0.25, 0.3) is 0 Å². The molecule has 2 heterocycles. The Bertz CT molecular complexity index is 361. The molecule has 0 amide bonds. The van der Waals surface area contributed by atoms with E-state index in [1.807, 2.05) is 0 Å². The van der Waals surface area contributed by atoms with Crippen LogP contribution in [0.25, 0.3) is 0 Å². The second-order valence-electron chi connectivity index (χ2n) is 3.84. The number of thiophene rings is 1. The Kier molecular flexibility index (Phi) is 3.07. The summed E-state index contributed by atoms with van der Waals surface area (Å²) in [6, 6.07) is 4.22. The quantitative estimate of drug-likeness (QED) is 0.776. The Hall–Kier alpha value is -0.870. The van der Waals surface area contributed by atoms with Gasteiger partial charge in [0, 0.05) is 28.8 Å². The maximum absolute atomic E-state index is 11.5. The highest BCUT2D eigenvalue weighted by Gasteiger charge is 2.35. The summed E-state index contributed by atoms with van der Waals surface area (Å²) < 4.78 is 4.82. The molecule has 2 atom stereocenters. The minimum atomic E-state index is -0.101. The molecule has 3 nitrogen and oxygen atoms in total. The number of ether oxygens (including phenoxy) is 1. The normalized spacial score (nSPS) is 25.5. The Balaban J connectivity index is 2.18. The van der Waals surface area contributed by atoms with Crippen molar-refractivity contribution < 1.29 is 9.53 Å². The molecule has 82 valence electrons. The molecule has 1 aromatic heterocycles. The van der Waals surface area contributed by atoms with E-state index >= 15 is 0 Å². The van der Waals surface area contributed by atoms with Crippen LogP contribution in [0.3, 0.4) is 0 Å². The molecule has 1 aliphatic heterocycles. The molecule has 1 aromatic rings. The van der Waals surface area contributed by atoms with Gasteiger partial charge in [0.1, 0.15) is 0 Å². The molecule has 0 spiro atoms. The van der Waals surface area contributed by atoms with E-state index in [0.717, 1.165) is 13.1 Å². The molecular formula is C11H15NO2S. The summed E-state index contributed by atoms with van der Waals surface area (Å²) in [4.78, 5) is 14.1. The molecule has 0 aliphatic carbocycles. The van der Waals surface area contributed by atoms with Crippen molar-refractivity contribution in [2.24, 2.45) is 5.92 Å². The number of aryl methyl sites for hydroxylation is 1. The Labute approximate surface area is 93.4 Å². The number of rotatable bonds is 2. The number of nitrogens with one attached hydrogen (secondary N) is 1. The molecule has 2 unspecified atom stereocenters. The van der Waals surface area contributed by atoms with E-state index in [4.69, 9.17) is 4.74 Å². The van der Waals surface area contributed by atoms with Crippen molar-refractivity contribution in [2.45, 2.75) is 12.8 Å². The number of methoxy groups -OCH3 is 1. The van der Waals surface area contributed by atoms with Gasteiger partial charge >= 0.3 is 5.97 Å². The largest absolute Gasteiger partial charge is 0.469 e. The lowest BCUT2D eigenvalue weighted by atomic mass is 9.95. The highest BCUT2D eigenvalue weighted by Crippen LogP contribution is 2.33. The van der Waals surface area contributed by atoms with E-state index in [2.05, 4.69) is 24.4 Å². The first kappa shape index (κ1) is 10.6. The Morgan fingerprint density at radius 3 is 2.93 bits per heavy atom. The van der Waals surface area contributed by atoms with Gasteiger partial charge in [0.2, 0.25) is 0 Å². The molecule has 0 bridgehead atoms. The summed E-state index contributed by atoms with van der Waals surface area (Å²) in [6.07, 6.45) is 0. The topological polar surface area (TPSA) is 38.3 Å². The van der Waals surface area contributed by atoms with Gasteiger partial charge in [-0.3, -0.25) is 4.79 Å². The van der Waals surface area contributed by atoms with Crippen molar-refractivity contribution in [3.05, 3.63) is 21.9 Å². The second kappa shape index (κ2) is 4.33. The predicted octanol–water partition coefficient (Wildman–Crippen LogP) is 1.53. The van der Waals surface area contributed by atoms with Crippen LogP contribution in [0.15, 0.2) is 12.1 Å². The number of hydrogen-bond donors (Lipinski definition) is 1. The van der Waals surface area contributed by atoms with E-state index in [-0.39, 0.29) is 17.8 Å². The van der Waals surface area contributed by atoms with Crippen LogP contribution < -0.4 is 5.32 Å². The second-order valence-corrected chi connectivity index (χ2v) is 5.16. The zero-order valence-corrected chi connectivity index (χ0v) is 9.76. The predicted molar refractivity (Wildman–Crippen MR) is 60.2 cm³/mol. The van der Waals surface area contributed by atoms with Gasteiger partial charge in [-0.15, -0.1) is 11.3 Å².